The van der Waals surface area contributed by atoms with E-state index in [9.17, 15) is 9.59 Å². The highest BCUT2D eigenvalue weighted by atomic mass is 16.6. The van der Waals surface area contributed by atoms with Crippen molar-refractivity contribution in [1.82, 2.24) is 0 Å². The van der Waals surface area contributed by atoms with Crippen LogP contribution in [0.2, 0.25) is 0 Å². The van der Waals surface area contributed by atoms with Crippen LogP contribution in [0.4, 0.5) is 0 Å². The molecule has 1 aromatic rings. The second-order valence-electron chi connectivity index (χ2n) is 5.20. The first-order chi connectivity index (χ1) is 9.38. The van der Waals surface area contributed by atoms with Crippen molar-refractivity contribution in [3.63, 3.8) is 0 Å². The fourth-order valence-electron chi connectivity index (χ4n) is 2.41. The fraction of sp³-hybridized carbons (Fsp3) is 0.375. The molecule has 1 heterocycles. The van der Waals surface area contributed by atoms with E-state index in [0.717, 1.165) is 12.0 Å². The summed E-state index contributed by atoms with van der Waals surface area (Å²) in [7, 11) is 0. The second kappa shape index (κ2) is 5.12. The van der Waals surface area contributed by atoms with Crippen molar-refractivity contribution < 1.29 is 19.1 Å². The molecule has 0 aliphatic carbocycles. The van der Waals surface area contributed by atoms with E-state index in [-0.39, 0.29) is 18.0 Å². The van der Waals surface area contributed by atoms with Gasteiger partial charge in [-0.15, -0.1) is 0 Å². The van der Waals surface area contributed by atoms with Gasteiger partial charge >= 0.3 is 11.9 Å². The SMILES string of the molecule is C=C1C(=O)O[C@@H](c2ccc(OC(C)=O)cc2)[C@]1(C)CC. The lowest BCUT2D eigenvalue weighted by Gasteiger charge is -2.28. The molecule has 1 saturated heterocycles. The summed E-state index contributed by atoms with van der Waals surface area (Å²) in [6.07, 6.45) is 0.410. The number of benzene rings is 1. The quantitative estimate of drug-likeness (QED) is 0.482. The normalized spacial score (nSPS) is 25.4. The fourth-order valence-corrected chi connectivity index (χ4v) is 2.41. The van der Waals surface area contributed by atoms with Crippen LogP contribution in [0.3, 0.4) is 0 Å². The number of hydrogen-bond donors (Lipinski definition) is 0. The monoisotopic (exact) mass is 274 g/mol. The average Bonchev–Trinajstić information content (AvgIpc) is 2.64. The lowest BCUT2D eigenvalue weighted by molar-refractivity contribution is -0.140. The van der Waals surface area contributed by atoms with Crippen molar-refractivity contribution >= 4 is 11.9 Å². The van der Waals surface area contributed by atoms with Crippen LogP contribution >= 0.6 is 0 Å². The molecule has 0 aromatic heterocycles. The zero-order valence-electron chi connectivity index (χ0n) is 11.9. The van der Waals surface area contributed by atoms with Gasteiger partial charge in [-0.2, -0.15) is 0 Å². The van der Waals surface area contributed by atoms with E-state index in [1.165, 1.54) is 6.92 Å². The lowest BCUT2D eigenvalue weighted by Crippen LogP contribution is -2.21. The Hall–Kier alpha value is -2.10. The maximum Gasteiger partial charge on any atom is 0.334 e. The Labute approximate surface area is 118 Å². The Kier molecular flexibility index (Phi) is 3.66. The Morgan fingerprint density at radius 2 is 2.00 bits per heavy atom. The summed E-state index contributed by atoms with van der Waals surface area (Å²) in [4.78, 5) is 22.6. The molecule has 1 aromatic carbocycles. The van der Waals surface area contributed by atoms with Gasteiger partial charge in [-0.05, 0) is 24.1 Å². The average molecular weight is 274 g/mol. The Balaban J connectivity index is 2.29. The van der Waals surface area contributed by atoms with Gasteiger partial charge < -0.3 is 9.47 Å². The van der Waals surface area contributed by atoms with Crippen LogP contribution in [0, 0.1) is 5.41 Å². The van der Waals surface area contributed by atoms with Gasteiger partial charge in [0.1, 0.15) is 11.9 Å². The van der Waals surface area contributed by atoms with Crippen molar-refractivity contribution in [3.8, 4) is 5.75 Å². The maximum atomic E-state index is 11.8. The van der Waals surface area contributed by atoms with Crippen LogP contribution in [-0.4, -0.2) is 11.9 Å². The number of ether oxygens (including phenoxy) is 2. The summed E-state index contributed by atoms with van der Waals surface area (Å²) in [5.74, 6) is -0.233. The third-order valence-corrected chi connectivity index (χ3v) is 3.92. The topological polar surface area (TPSA) is 52.6 Å². The smallest absolute Gasteiger partial charge is 0.334 e. The molecule has 2 atom stereocenters. The van der Waals surface area contributed by atoms with Crippen molar-refractivity contribution in [3.05, 3.63) is 42.0 Å². The molecule has 4 heteroatoms. The summed E-state index contributed by atoms with van der Waals surface area (Å²) >= 11 is 0. The molecule has 2 rings (SSSR count). The third kappa shape index (κ3) is 2.33. The highest BCUT2D eigenvalue weighted by Gasteiger charge is 2.48. The second-order valence-corrected chi connectivity index (χ2v) is 5.20. The van der Waals surface area contributed by atoms with Gasteiger partial charge in [0.2, 0.25) is 0 Å². The maximum absolute atomic E-state index is 11.8. The van der Waals surface area contributed by atoms with Crippen LogP contribution < -0.4 is 4.74 Å². The van der Waals surface area contributed by atoms with Gasteiger partial charge in [0, 0.05) is 17.9 Å². The zero-order valence-corrected chi connectivity index (χ0v) is 11.9. The number of hydrogen-bond acceptors (Lipinski definition) is 4. The van der Waals surface area contributed by atoms with Gasteiger partial charge in [0.15, 0.2) is 0 Å². The number of esters is 2. The van der Waals surface area contributed by atoms with E-state index in [1.54, 1.807) is 12.1 Å². The molecule has 4 nitrogen and oxygen atoms in total. The molecule has 0 N–H and O–H groups in total. The molecule has 106 valence electrons. The predicted molar refractivity (Wildman–Crippen MR) is 74.1 cm³/mol. The van der Waals surface area contributed by atoms with Crippen molar-refractivity contribution in [2.75, 3.05) is 0 Å². The minimum atomic E-state index is -0.403. The number of rotatable bonds is 3. The summed E-state index contributed by atoms with van der Waals surface area (Å²) in [5, 5.41) is 0. The Morgan fingerprint density at radius 3 is 2.50 bits per heavy atom. The summed E-state index contributed by atoms with van der Waals surface area (Å²) in [6, 6.07) is 7.01. The first-order valence-electron chi connectivity index (χ1n) is 6.57. The van der Waals surface area contributed by atoms with Crippen molar-refractivity contribution in [2.45, 2.75) is 33.3 Å². The van der Waals surface area contributed by atoms with E-state index in [1.807, 2.05) is 26.0 Å². The molecular weight excluding hydrogens is 256 g/mol. The summed E-state index contributed by atoms with van der Waals surface area (Å²) < 4.78 is 10.4. The van der Waals surface area contributed by atoms with Crippen molar-refractivity contribution in [2.24, 2.45) is 5.41 Å². The molecule has 0 radical (unpaired) electrons. The van der Waals surface area contributed by atoms with Gasteiger partial charge in [-0.25, -0.2) is 4.79 Å². The number of carbonyl (C=O) groups excluding carboxylic acids is 2. The first-order valence-corrected chi connectivity index (χ1v) is 6.57. The standard InChI is InChI=1S/C16H18O4/c1-5-16(4)10(2)15(18)20-14(16)12-6-8-13(9-7-12)19-11(3)17/h6-9,14H,2,5H2,1,3-4H3/t14-,16+/m0/s1. The first kappa shape index (κ1) is 14.3. The van der Waals surface area contributed by atoms with Crippen LogP contribution in [0.1, 0.15) is 38.9 Å². The largest absolute Gasteiger partial charge is 0.453 e. The molecule has 0 amide bonds. The molecule has 20 heavy (non-hydrogen) atoms. The van der Waals surface area contributed by atoms with Gasteiger partial charge in [0.25, 0.3) is 0 Å². The van der Waals surface area contributed by atoms with E-state index in [4.69, 9.17) is 9.47 Å². The number of cyclic esters (lactones) is 1. The Morgan fingerprint density at radius 1 is 1.40 bits per heavy atom. The molecule has 1 aliphatic heterocycles. The zero-order chi connectivity index (χ0) is 14.9. The molecule has 0 saturated carbocycles. The van der Waals surface area contributed by atoms with Crippen LogP contribution in [0.5, 0.6) is 5.75 Å². The Bertz CT molecular complexity index is 558. The molecule has 0 spiro atoms. The summed E-state index contributed by atoms with van der Waals surface area (Å²) in [6.45, 7) is 9.18. The van der Waals surface area contributed by atoms with Gasteiger partial charge in [-0.3, -0.25) is 4.79 Å². The van der Waals surface area contributed by atoms with Crippen LogP contribution in [0.25, 0.3) is 0 Å². The van der Waals surface area contributed by atoms with Crippen LogP contribution in [0.15, 0.2) is 36.4 Å². The minimum Gasteiger partial charge on any atom is -0.453 e. The predicted octanol–water partition coefficient (Wildman–Crippen LogP) is 3.18. The minimum absolute atomic E-state index is 0.344. The van der Waals surface area contributed by atoms with Crippen molar-refractivity contribution in [1.29, 1.82) is 0 Å². The van der Waals surface area contributed by atoms with E-state index >= 15 is 0 Å². The highest BCUT2D eigenvalue weighted by Crippen LogP contribution is 2.50. The number of carbonyl (C=O) groups is 2. The molecule has 1 fully saturated rings. The van der Waals surface area contributed by atoms with E-state index < -0.39 is 5.41 Å². The highest BCUT2D eigenvalue weighted by molar-refractivity contribution is 5.92. The van der Waals surface area contributed by atoms with Gasteiger partial charge in [-0.1, -0.05) is 32.6 Å². The van der Waals surface area contributed by atoms with E-state index in [0.29, 0.717) is 11.3 Å². The molecule has 0 unspecified atom stereocenters. The molecule has 0 bridgehead atoms. The summed E-state index contributed by atoms with van der Waals surface area (Å²) in [5.41, 5.74) is 0.978. The molecule has 1 aliphatic rings. The molecular formula is C16H18O4. The van der Waals surface area contributed by atoms with Gasteiger partial charge in [0.05, 0.1) is 0 Å². The lowest BCUT2D eigenvalue weighted by atomic mass is 9.75. The third-order valence-electron chi connectivity index (χ3n) is 3.92. The van der Waals surface area contributed by atoms with E-state index in [2.05, 4.69) is 6.58 Å². The van der Waals surface area contributed by atoms with Crippen LogP contribution in [-0.2, 0) is 14.3 Å².